The van der Waals surface area contributed by atoms with E-state index in [9.17, 15) is 5.26 Å². The maximum atomic E-state index is 9.54. The molecule has 0 saturated heterocycles. The van der Waals surface area contributed by atoms with Crippen LogP contribution in [0.1, 0.15) is 16.7 Å². The third kappa shape index (κ3) is 3.04. The number of pyridine rings is 1. The Morgan fingerprint density at radius 1 is 0.920 bits per heavy atom. The van der Waals surface area contributed by atoms with Gasteiger partial charge in [0, 0.05) is 16.1 Å². The van der Waals surface area contributed by atoms with Crippen molar-refractivity contribution in [3.8, 4) is 34.5 Å². The molecule has 0 aliphatic carbocycles. The zero-order valence-electron chi connectivity index (χ0n) is 13.4. The average molecular weight is 345 g/mol. The molecule has 0 radical (unpaired) electrons. The number of hydrogen-bond acceptors (Lipinski definition) is 4. The average Bonchev–Trinajstić information content (AvgIpc) is 2.64. The van der Waals surface area contributed by atoms with Gasteiger partial charge in [-0.1, -0.05) is 35.9 Å². The number of halogens is 1. The van der Waals surface area contributed by atoms with E-state index < -0.39 is 0 Å². The molecule has 0 unspecified atom stereocenters. The molecule has 0 aliphatic heterocycles. The molecule has 2 N–H and O–H groups in total. The summed E-state index contributed by atoms with van der Waals surface area (Å²) in [6.45, 7) is 1.91. The van der Waals surface area contributed by atoms with Crippen LogP contribution in [0.4, 0.5) is 5.82 Å². The van der Waals surface area contributed by atoms with Crippen molar-refractivity contribution < 1.29 is 0 Å². The molecule has 3 rings (SSSR count). The van der Waals surface area contributed by atoms with Crippen molar-refractivity contribution >= 4 is 17.4 Å². The molecule has 25 heavy (non-hydrogen) atoms. The van der Waals surface area contributed by atoms with Crippen molar-refractivity contribution in [1.29, 1.82) is 10.5 Å². The lowest BCUT2D eigenvalue weighted by Crippen LogP contribution is -2.03. The maximum absolute atomic E-state index is 9.54. The van der Waals surface area contributed by atoms with Crippen LogP contribution in [0.25, 0.3) is 22.4 Å². The van der Waals surface area contributed by atoms with Gasteiger partial charge in [0.25, 0.3) is 0 Å². The molecule has 2 aromatic carbocycles. The van der Waals surface area contributed by atoms with E-state index in [1.807, 2.05) is 31.2 Å². The van der Waals surface area contributed by atoms with Gasteiger partial charge in [-0.05, 0) is 42.3 Å². The van der Waals surface area contributed by atoms with Crippen LogP contribution in [0.15, 0.2) is 48.5 Å². The minimum Gasteiger partial charge on any atom is -0.383 e. The van der Waals surface area contributed by atoms with Crippen LogP contribution in [0, 0.1) is 29.6 Å². The Kier molecular flexibility index (Phi) is 4.39. The second-order valence-electron chi connectivity index (χ2n) is 5.53. The first kappa shape index (κ1) is 16.5. The van der Waals surface area contributed by atoms with Gasteiger partial charge < -0.3 is 5.73 Å². The summed E-state index contributed by atoms with van der Waals surface area (Å²) in [7, 11) is 0. The fourth-order valence-electron chi connectivity index (χ4n) is 2.77. The molecule has 0 spiro atoms. The van der Waals surface area contributed by atoms with Gasteiger partial charge in [0.1, 0.15) is 17.5 Å². The number of rotatable bonds is 2. The summed E-state index contributed by atoms with van der Waals surface area (Å²) < 4.78 is 0. The van der Waals surface area contributed by atoms with E-state index >= 15 is 0 Å². The van der Waals surface area contributed by atoms with Crippen molar-refractivity contribution in [2.24, 2.45) is 0 Å². The van der Waals surface area contributed by atoms with Crippen LogP contribution in [0.3, 0.4) is 0 Å². The van der Waals surface area contributed by atoms with Crippen LogP contribution < -0.4 is 5.73 Å². The van der Waals surface area contributed by atoms with Crippen LogP contribution in [0.2, 0.25) is 5.02 Å². The molecule has 120 valence electrons. The largest absolute Gasteiger partial charge is 0.383 e. The van der Waals surface area contributed by atoms with Gasteiger partial charge in [-0.15, -0.1) is 0 Å². The molecule has 0 fully saturated rings. The highest BCUT2D eigenvalue weighted by Gasteiger charge is 2.18. The van der Waals surface area contributed by atoms with Gasteiger partial charge in [0.2, 0.25) is 0 Å². The predicted octanol–water partition coefficient (Wildman–Crippen LogP) is 4.70. The zero-order valence-corrected chi connectivity index (χ0v) is 14.2. The fourth-order valence-corrected chi connectivity index (χ4v) is 2.89. The highest BCUT2D eigenvalue weighted by molar-refractivity contribution is 6.30. The third-order valence-corrected chi connectivity index (χ3v) is 4.25. The summed E-state index contributed by atoms with van der Waals surface area (Å²) in [6, 6.07) is 18.6. The Bertz CT molecular complexity index is 1020. The molecule has 0 atom stereocenters. The number of benzene rings is 2. The Morgan fingerprint density at radius 3 is 2.08 bits per heavy atom. The van der Waals surface area contributed by atoms with Crippen molar-refractivity contribution in [3.63, 3.8) is 0 Å². The Morgan fingerprint density at radius 2 is 1.52 bits per heavy atom. The highest BCUT2D eigenvalue weighted by Crippen LogP contribution is 2.36. The lowest BCUT2D eigenvalue weighted by Gasteiger charge is -2.15. The second kappa shape index (κ2) is 6.65. The first-order chi connectivity index (χ1) is 12.0. The molecule has 0 amide bonds. The van der Waals surface area contributed by atoms with Gasteiger partial charge in [0.05, 0.1) is 17.3 Å². The van der Waals surface area contributed by atoms with E-state index in [-0.39, 0.29) is 5.82 Å². The van der Waals surface area contributed by atoms with E-state index in [0.717, 1.165) is 22.3 Å². The number of nitrogens with two attached hydrogens (primary N) is 1. The lowest BCUT2D eigenvalue weighted by atomic mass is 9.92. The summed E-state index contributed by atoms with van der Waals surface area (Å²) in [5, 5.41) is 19.1. The van der Waals surface area contributed by atoms with Crippen molar-refractivity contribution in [1.82, 2.24) is 4.98 Å². The standard InChI is InChI=1S/C20H13ClN4/c1-12-18(14-4-2-13(10-22)3-5-14)17(11-23)20(24)25-19(12)15-6-8-16(21)9-7-15/h2-9H,1H3,(H2,24,25). The van der Waals surface area contributed by atoms with E-state index in [2.05, 4.69) is 17.1 Å². The zero-order chi connectivity index (χ0) is 18.0. The van der Waals surface area contributed by atoms with Crippen molar-refractivity contribution in [2.45, 2.75) is 6.92 Å². The Labute approximate surface area is 150 Å². The third-order valence-electron chi connectivity index (χ3n) is 4.00. The Balaban J connectivity index is 2.28. The number of nitriles is 2. The summed E-state index contributed by atoms with van der Waals surface area (Å²) >= 11 is 5.96. The fraction of sp³-hybridized carbons (Fsp3) is 0.0500. The quantitative estimate of drug-likeness (QED) is 0.729. The molecule has 1 heterocycles. The van der Waals surface area contributed by atoms with Gasteiger partial charge in [-0.3, -0.25) is 0 Å². The smallest absolute Gasteiger partial charge is 0.142 e. The first-order valence-corrected chi connectivity index (χ1v) is 7.89. The minimum atomic E-state index is 0.178. The number of anilines is 1. The molecular formula is C20H13ClN4. The minimum absolute atomic E-state index is 0.178. The number of nitrogen functional groups attached to an aromatic ring is 1. The summed E-state index contributed by atoms with van der Waals surface area (Å²) in [5.74, 6) is 0.178. The topological polar surface area (TPSA) is 86.5 Å². The molecule has 4 nitrogen and oxygen atoms in total. The monoisotopic (exact) mass is 344 g/mol. The molecule has 0 aliphatic rings. The summed E-state index contributed by atoms with van der Waals surface area (Å²) in [5.41, 5.74) is 10.9. The molecule has 0 bridgehead atoms. The summed E-state index contributed by atoms with van der Waals surface area (Å²) in [6.07, 6.45) is 0. The number of hydrogen-bond donors (Lipinski definition) is 1. The maximum Gasteiger partial charge on any atom is 0.142 e. The van der Waals surface area contributed by atoms with Crippen LogP contribution >= 0.6 is 11.6 Å². The highest BCUT2D eigenvalue weighted by atomic mass is 35.5. The normalized spacial score (nSPS) is 10.1. The predicted molar refractivity (Wildman–Crippen MR) is 98.7 cm³/mol. The summed E-state index contributed by atoms with van der Waals surface area (Å²) in [4.78, 5) is 4.42. The van der Waals surface area contributed by atoms with Gasteiger partial charge in [0.15, 0.2) is 0 Å². The number of nitrogens with zero attached hydrogens (tertiary/aromatic N) is 3. The van der Waals surface area contributed by atoms with E-state index in [1.165, 1.54) is 0 Å². The van der Waals surface area contributed by atoms with E-state index in [1.54, 1.807) is 24.3 Å². The van der Waals surface area contributed by atoms with Crippen LogP contribution in [-0.4, -0.2) is 4.98 Å². The molecular weight excluding hydrogens is 332 g/mol. The first-order valence-electron chi connectivity index (χ1n) is 7.51. The SMILES string of the molecule is Cc1c(-c2ccc(Cl)cc2)nc(N)c(C#N)c1-c1ccc(C#N)cc1. The van der Waals surface area contributed by atoms with E-state index in [4.69, 9.17) is 22.6 Å². The Hall–Kier alpha value is -3.34. The molecule has 1 aromatic heterocycles. The molecule has 5 heteroatoms. The van der Waals surface area contributed by atoms with Gasteiger partial charge in [-0.25, -0.2) is 4.98 Å². The second-order valence-corrected chi connectivity index (χ2v) is 5.96. The van der Waals surface area contributed by atoms with Crippen molar-refractivity contribution in [3.05, 3.63) is 70.2 Å². The van der Waals surface area contributed by atoms with Crippen LogP contribution in [-0.2, 0) is 0 Å². The molecule has 0 saturated carbocycles. The van der Waals surface area contributed by atoms with Crippen LogP contribution in [0.5, 0.6) is 0 Å². The van der Waals surface area contributed by atoms with Gasteiger partial charge in [-0.2, -0.15) is 10.5 Å². The molecule has 3 aromatic rings. The van der Waals surface area contributed by atoms with E-state index in [0.29, 0.717) is 21.8 Å². The lowest BCUT2D eigenvalue weighted by molar-refractivity contribution is 1.26. The van der Waals surface area contributed by atoms with Crippen molar-refractivity contribution in [2.75, 3.05) is 5.73 Å². The van der Waals surface area contributed by atoms with Gasteiger partial charge >= 0.3 is 0 Å². The number of aromatic nitrogens is 1.